The number of nitrogens with zero attached hydrogens (tertiary/aromatic N) is 3. The quantitative estimate of drug-likeness (QED) is 0.888. The van der Waals surface area contributed by atoms with E-state index >= 15 is 0 Å². The number of fused-ring (bicyclic) bond motifs is 1. The van der Waals surface area contributed by atoms with Crippen molar-refractivity contribution in [2.75, 3.05) is 5.32 Å². The van der Waals surface area contributed by atoms with Crippen molar-refractivity contribution in [2.45, 2.75) is 56.6 Å². The van der Waals surface area contributed by atoms with Crippen LogP contribution in [0.1, 0.15) is 55.3 Å². The molecule has 1 amide bonds. The van der Waals surface area contributed by atoms with Crippen LogP contribution >= 0.6 is 0 Å². The number of aryl methyl sites for hydroxylation is 1. The number of amides is 1. The number of aromatic nitrogens is 3. The summed E-state index contributed by atoms with van der Waals surface area (Å²) in [4.78, 5) is 12.6. The Morgan fingerprint density at radius 1 is 1.17 bits per heavy atom. The number of rotatable bonds is 2. The van der Waals surface area contributed by atoms with Crippen LogP contribution in [0.2, 0.25) is 0 Å². The average molecular weight is 326 g/mol. The molecule has 1 fully saturated rings. The molecule has 2 heterocycles. The van der Waals surface area contributed by atoms with E-state index in [9.17, 15) is 9.90 Å². The predicted molar refractivity (Wildman–Crippen MR) is 89.7 cm³/mol. The van der Waals surface area contributed by atoms with Gasteiger partial charge in [0.2, 0.25) is 5.91 Å². The molecule has 2 aliphatic rings. The molecule has 6 nitrogen and oxygen atoms in total. The highest BCUT2D eigenvalue weighted by atomic mass is 16.3. The number of nitrogens with one attached hydrogen (secondary N) is 1. The fraction of sp³-hybridized carbons (Fsp3) is 0.500. The number of carbonyl (C=O) groups is 1. The maximum Gasteiger partial charge on any atom is 0.249 e. The molecule has 3 unspecified atom stereocenters. The van der Waals surface area contributed by atoms with Gasteiger partial charge in [-0.05, 0) is 37.3 Å². The van der Waals surface area contributed by atoms with Gasteiger partial charge in [-0.3, -0.25) is 4.79 Å². The molecule has 6 heteroatoms. The first kappa shape index (κ1) is 15.3. The number of aliphatic hydroxyl groups excluding tert-OH is 1. The summed E-state index contributed by atoms with van der Waals surface area (Å²) in [5.41, 5.74) is 2.83. The first-order valence-corrected chi connectivity index (χ1v) is 8.71. The van der Waals surface area contributed by atoms with Crippen molar-refractivity contribution in [2.24, 2.45) is 0 Å². The highest BCUT2D eigenvalue weighted by Gasteiger charge is 2.30. The van der Waals surface area contributed by atoms with Crippen molar-refractivity contribution >= 4 is 11.6 Å². The van der Waals surface area contributed by atoms with E-state index in [1.165, 1.54) is 0 Å². The number of anilines is 1. The van der Waals surface area contributed by atoms with Crippen molar-refractivity contribution < 1.29 is 9.90 Å². The van der Waals surface area contributed by atoms with Crippen LogP contribution < -0.4 is 5.32 Å². The summed E-state index contributed by atoms with van der Waals surface area (Å²) in [6.07, 6.45) is 6.93. The van der Waals surface area contributed by atoms with Crippen molar-refractivity contribution in [3.8, 4) is 0 Å². The molecule has 2 aromatic rings. The Balaban J connectivity index is 1.55. The predicted octanol–water partition coefficient (Wildman–Crippen LogP) is 2.42. The summed E-state index contributed by atoms with van der Waals surface area (Å²) in [5, 5.41) is 21.6. The highest BCUT2D eigenvalue weighted by Crippen LogP contribution is 2.33. The van der Waals surface area contributed by atoms with Gasteiger partial charge in [0, 0.05) is 17.8 Å². The van der Waals surface area contributed by atoms with E-state index in [1.807, 2.05) is 30.5 Å². The number of benzene rings is 1. The van der Waals surface area contributed by atoms with Crippen LogP contribution in [0.3, 0.4) is 0 Å². The molecule has 0 saturated heterocycles. The number of para-hydroxylation sites is 1. The number of hydrogen-bond acceptors (Lipinski definition) is 4. The monoisotopic (exact) mass is 326 g/mol. The van der Waals surface area contributed by atoms with E-state index in [-0.39, 0.29) is 24.0 Å². The molecule has 126 valence electrons. The third kappa shape index (κ3) is 2.82. The number of aliphatic hydroxyl groups is 1. The summed E-state index contributed by atoms with van der Waals surface area (Å²) < 4.78 is 1.66. The molecule has 0 radical (unpaired) electrons. The van der Waals surface area contributed by atoms with E-state index < -0.39 is 0 Å². The molecule has 2 N–H and O–H groups in total. The lowest BCUT2D eigenvalue weighted by atomic mass is 9.85. The third-order valence-corrected chi connectivity index (χ3v) is 5.22. The molecule has 24 heavy (non-hydrogen) atoms. The molecule has 1 aromatic heterocycles. The molecule has 1 aliphatic heterocycles. The smallest absolute Gasteiger partial charge is 0.249 e. The zero-order chi connectivity index (χ0) is 16.5. The maximum atomic E-state index is 12.6. The number of carbonyl (C=O) groups excluding carboxylic acids is 1. The van der Waals surface area contributed by atoms with Crippen molar-refractivity contribution in [3.05, 3.63) is 41.7 Å². The Bertz CT molecular complexity index is 742. The lowest BCUT2D eigenvalue weighted by Gasteiger charge is -2.25. The van der Waals surface area contributed by atoms with Gasteiger partial charge in [-0.2, -0.15) is 0 Å². The van der Waals surface area contributed by atoms with E-state index in [0.717, 1.165) is 49.0 Å². The molecular weight excluding hydrogens is 304 g/mol. The van der Waals surface area contributed by atoms with E-state index in [0.29, 0.717) is 6.42 Å². The molecule has 4 rings (SSSR count). The zero-order valence-electron chi connectivity index (χ0n) is 13.6. The minimum absolute atomic E-state index is 0.0403. The summed E-state index contributed by atoms with van der Waals surface area (Å²) in [6.45, 7) is 0. The summed E-state index contributed by atoms with van der Waals surface area (Å²) in [5.74, 6) is -0.0147. The second-order valence-electron chi connectivity index (χ2n) is 6.78. The largest absolute Gasteiger partial charge is 0.392 e. The van der Waals surface area contributed by atoms with Crippen LogP contribution in [-0.4, -0.2) is 32.1 Å². The van der Waals surface area contributed by atoms with Gasteiger partial charge in [-0.15, -0.1) is 5.10 Å². The summed E-state index contributed by atoms with van der Waals surface area (Å²) in [6, 6.07) is 7.53. The van der Waals surface area contributed by atoms with Crippen LogP contribution in [0.25, 0.3) is 0 Å². The van der Waals surface area contributed by atoms with Crippen molar-refractivity contribution in [1.82, 2.24) is 15.0 Å². The fourth-order valence-corrected chi connectivity index (χ4v) is 3.82. The molecule has 1 saturated carbocycles. The van der Waals surface area contributed by atoms with Crippen molar-refractivity contribution in [3.63, 3.8) is 0 Å². The lowest BCUT2D eigenvalue weighted by molar-refractivity contribution is -0.119. The summed E-state index contributed by atoms with van der Waals surface area (Å²) in [7, 11) is 0. The molecule has 0 bridgehead atoms. The standard InChI is InChI=1S/C18H22N4O2/c23-17-8-4-2-6-13(17)15-11-22(21-20-15)16-10-9-12-5-1-3-7-14(12)19-18(16)24/h1,3,5,7,11,13,16-17,23H,2,4,6,8-10H2,(H,19,24). The topological polar surface area (TPSA) is 80.0 Å². The molecule has 1 aromatic carbocycles. The van der Waals surface area contributed by atoms with Crippen LogP contribution in [0.15, 0.2) is 30.5 Å². The Labute approximate surface area is 140 Å². The van der Waals surface area contributed by atoms with E-state index in [2.05, 4.69) is 15.6 Å². The molecule has 0 spiro atoms. The fourth-order valence-electron chi connectivity index (χ4n) is 3.82. The third-order valence-electron chi connectivity index (χ3n) is 5.22. The Morgan fingerprint density at radius 2 is 2.00 bits per heavy atom. The second kappa shape index (κ2) is 6.36. The van der Waals surface area contributed by atoms with Crippen LogP contribution in [-0.2, 0) is 11.2 Å². The van der Waals surface area contributed by atoms with E-state index in [1.54, 1.807) is 4.68 Å². The Hall–Kier alpha value is -2.21. The maximum absolute atomic E-state index is 12.6. The normalized spacial score (nSPS) is 27.2. The number of hydrogen-bond donors (Lipinski definition) is 2. The minimum Gasteiger partial charge on any atom is -0.392 e. The van der Waals surface area contributed by atoms with E-state index in [4.69, 9.17) is 0 Å². The van der Waals surface area contributed by atoms with Gasteiger partial charge in [-0.1, -0.05) is 36.3 Å². The van der Waals surface area contributed by atoms with Gasteiger partial charge >= 0.3 is 0 Å². The van der Waals surface area contributed by atoms with Gasteiger partial charge in [0.05, 0.1) is 11.8 Å². The van der Waals surface area contributed by atoms with Crippen molar-refractivity contribution in [1.29, 1.82) is 0 Å². The Morgan fingerprint density at radius 3 is 2.88 bits per heavy atom. The van der Waals surface area contributed by atoms with Crippen LogP contribution in [0, 0.1) is 0 Å². The minimum atomic E-state index is -0.362. The van der Waals surface area contributed by atoms with Gasteiger partial charge in [-0.25, -0.2) is 4.68 Å². The van der Waals surface area contributed by atoms with Gasteiger partial charge in [0.1, 0.15) is 6.04 Å². The molecule has 3 atom stereocenters. The molecular formula is C18H22N4O2. The Kier molecular flexibility index (Phi) is 4.06. The SMILES string of the molecule is O=C1Nc2ccccc2CCC1n1cc(C2CCCCC2O)nn1. The van der Waals surface area contributed by atoms with Gasteiger partial charge in [0.25, 0.3) is 0 Å². The van der Waals surface area contributed by atoms with Gasteiger partial charge < -0.3 is 10.4 Å². The molecule has 1 aliphatic carbocycles. The zero-order valence-corrected chi connectivity index (χ0v) is 13.6. The first-order valence-electron chi connectivity index (χ1n) is 8.71. The van der Waals surface area contributed by atoms with Gasteiger partial charge in [0.15, 0.2) is 0 Å². The summed E-state index contributed by atoms with van der Waals surface area (Å²) >= 11 is 0. The second-order valence-corrected chi connectivity index (χ2v) is 6.78. The highest BCUT2D eigenvalue weighted by molar-refractivity contribution is 5.95. The first-order chi connectivity index (χ1) is 11.7. The van der Waals surface area contributed by atoms with Crippen LogP contribution in [0.4, 0.5) is 5.69 Å². The van der Waals surface area contributed by atoms with Crippen LogP contribution in [0.5, 0.6) is 0 Å². The lowest BCUT2D eigenvalue weighted by Crippen LogP contribution is -2.25. The average Bonchev–Trinajstić information content (AvgIpc) is 2.99.